The lowest BCUT2D eigenvalue weighted by molar-refractivity contribution is -0.118. The van der Waals surface area contributed by atoms with Gasteiger partial charge in [-0.1, -0.05) is 60.7 Å². The molecule has 0 aliphatic heterocycles. The van der Waals surface area contributed by atoms with Gasteiger partial charge in [-0.2, -0.15) is 0 Å². The summed E-state index contributed by atoms with van der Waals surface area (Å²) < 4.78 is 0. The average molecular weight is 307 g/mol. The second kappa shape index (κ2) is 6.80. The third-order valence-corrected chi connectivity index (χ3v) is 4.29. The van der Waals surface area contributed by atoms with Crippen molar-refractivity contribution in [3.05, 3.63) is 77.9 Å². The van der Waals surface area contributed by atoms with Gasteiger partial charge in [0.15, 0.2) is 0 Å². The summed E-state index contributed by atoms with van der Waals surface area (Å²) in [4.78, 5) is 12.0. The quantitative estimate of drug-likeness (QED) is 0.806. The summed E-state index contributed by atoms with van der Waals surface area (Å²) >= 11 is 0. The van der Waals surface area contributed by atoms with Crippen LogP contribution >= 0.6 is 0 Å². The second-order valence-electron chi connectivity index (χ2n) is 6.03. The molecular formula is C20H21NO2. The molecule has 2 N–H and O–H groups in total. The van der Waals surface area contributed by atoms with Gasteiger partial charge >= 0.3 is 0 Å². The molecule has 3 rings (SSSR count). The van der Waals surface area contributed by atoms with Crippen LogP contribution in [0.4, 0.5) is 0 Å². The zero-order chi connectivity index (χ0) is 16.1. The summed E-state index contributed by atoms with van der Waals surface area (Å²) in [7, 11) is 0. The fourth-order valence-corrected chi connectivity index (χ4v) is 2.79. The number of carbonyl (C=O) groups excluding carboxylic acids is 1. The normalized spacial score (nSPS) is 16.9. The molecule has 0 spiro atoms. The first-order valence-electron chi connectivity index (χ1n) is 7.97. The summed E-state index contributed by atoms with van der Waals surface area (Å²) in [6, 6.07) is 19.3. The lowest BCUT2D eigenvalue weighted by Gasteiger charge is -2.29. The zero-order valence-corrected chi connectivity index (χ0v) is 13.0. The van der Waals surface area contributed by atoms with E-state index in [1.807, 2.05) is 60.7 Å². The molecule has 1 atom stereocenters. The number of hydrogen-bond donors (Lipinski definition) is 2. The van der Waals surface area contributed by atoms with Crippen LogP contribution < -0.4 is 5.32 Å². The molecule has 1 aliphatic rings. The first kappa shape index (κ1) is 15.5. The first-order valence-corrected chi connectivity index (χ1v) is 7.97. The minimum absolute atomic E-state index is 0.191. The number of hydrogen-bond acceptors (Lipinski definition) is 2. The van der Waals surface area contributed by atoms with Crippen molar-refractivity contribution in [1.82, 2.24) is 5.32 Å². The molecule has 0 saturated heterocycles. The Hall–Kier alpha value is -2.39. The Morgan fingerprint density at radius 3 is 2.30 bits per heavy atom. The lowest BCUT2D eigenvalue weighted by Crippen LogP contribution is -2.42. The van der Waals surface area contributed by atoms with Gasteiger partial charge in [-0.05, 0) is 36.0 Å². The lowest BCUT2D eigenvalue weighted by atomic mass is 9.88. The van der Waals surface area contributed by atoms with Gasteiger partial charge in [-0.25, -0.2) is 0 Å². The van der Waals surface area contributed by atoms with E-state index >= 15 is 0 Å². The van der Waals surface area contributed by atoms with E-state index in [9.17, 15) is 9.90 Å². The van der Waals surface area contributed by atoms with Crippen LogP contribution in [0.5, 0.6) is 0 Å². The Bertz CT molecular complexity index is 677. The van der Waals surface area contributed by atoms with Crippen LogP contribution in [0.15, 0.2) is 66.7 Å². The molecule has 0 radical (unpaired) electrons. The Kier molecular flexibility index (Phi) is 4.58. The molecule has 0 bridgehead atoms. The highest BCUT2D eigenvalue weighted by Gasteiger charge is 2.45. The van der Waals surface area contributed by atoms with Gasteiger partial charge in [-0.15, -0.1) is 0 Å². The number of carbonyl (C=O) groups is 1. The molecule has 1 unspecified atom stereocenters. The van der Waals surface area contributed by atoms with Crippen molar-refractivity contribution in [2.45, 2.75) is 18.4 Å². The third-order valence-electron chi connectivity index (χ3n) is 4.29. The fraction of sp³-hybridized carbons (Fsp3) is 0.250. The van der Waals surface area contributed by atoms with Crippen LogP contribution in [0.25, 0.3) is 6.08 Å². The van der Waals surface area contributed by atoms with Gasteiger partial charge in [0.05, 0.1) is 6.54 Å². The van der Waals surface area contributed by atoms with E-state index in [2.05, 4.69) is 5.32 Å². The van der Waals surface area contributed by atoms with Crippen molar-refractivity contribution in [3.63, 3.8) is 0 Å². The highest BCUT2D eigenvalue weighted by molar-refractivity contribution is 5.91. The predicted octanol–water partition coefficient (Wildman–Crippen LogP) is 3.11. The van der Waals surface area contributed by atoms with Crippen LogP contribution in [0.1, 0.15) is 24.0 Å². The van der Waals surface area contributed by atoms with E-state index in [1.54, 1.807) is 6.08 Å². The van der Waals surface area contributed by atoms with E-state index in [1.165, 1.54) is 6.08 Å². The molecule has 2 aromatic rings. The van der Waals surface area contributed by atoms with Crippen LogP contribution in [-0.2, 0) is 10.4 Å². The molecule has 1 amide bonds. The Balaban J connectivity index is 1.63. The highest BCUT2D eigenvalue weighted by Crippen LogP contribution is 2.45. The molecule has 1 fully saturated rings. The zero-order valence-electron chi connectivity index (χ0n) is 13.0. The van der Waals surface area contributed by atoms with Crippen LogP contribution in [0, 0.1) is 5.92 Å². The van der Waals surface area contributed by atoms with E-state index in [0.29, 0.717) is 0 Å². The molecule has 0 heterocycles. The number of rotatable bonds is 6. The van der Waals surface area contributed by atoms with Crippen LogP contribution in [0.2, 0.25) is 0 Å². The molecule has 118 valence electrons. The summed E-state index contributed by atoms with van der Waals surface area (Å²) in [5.41, 5.74) is 0.871. The monoisotopic (exact) mass is 307 g/mol. The fourth-order valence-electron chi connectivity index (χ4n) is 2.79. The van der Waals surface area contributed by atoms with Gasteiger partial charge < -0.3 is 10.4 Å². The molecule has 2 aromatic carbocycles. The summed E-state index contributed by atoms with van der Waals surface area (Å²) in [5, 5.41) is 13.9. The maximum Gasteiger partial charge on any atom is 0.244 e. The van der Waals surface area contributed by atoms with E-state index in [-0.39, 0.29) is 18.4 Å². The summed E-state index contributed by atoms with van der Waals surface area (Å²) in [6.07, 6.45) is 5.28. The molecule has 23 heavy (non-hydrogen) atoms. The molecule has 1 saturated carbocycles. The van der Waals surface area contributed by atoms with E-state index in [4.69, 9.17) is 0 Å². The number of aliphatic hydroxyl groups is 1. The SMILES string of the molecule is O=C(C=Cc1ccccc1)NCC(O)(c1ccccc1)C1CC1. The minimum Gasteiger partial charge on any atom is -0.383 e. The van der Waals surface area contributed by atoms with Crippen molar-refractivity contribution in [2.24, 2.45) is 5.92 Å². The topological polar surface area (TPSA) is 49.3 Å². The van der Waals surface area contributed by atoms with Crippen molar-refractivity contribution in [3.8, 4) is 0 Å². The predicted molar refractivity (Wildman–Crippen MR) is 91.5 cm³/mol. The summed E-state index contributed by atoms with van der Waals surface area (Å²) in [5.74, 6) is 0.0344. The largest absolute Gasteiger partial charge is 0.383 e. The van der Waals surface area contributed by atoms with Gasteiger partial charge in [-0.3, -0.25) is 4.79 Å². The first-order chi connectivity index (χ1) is 11.2. The number of benzene rings is 2. The number of nitrogens with one attached hydrogen (secondary N) is 1. The van der Waals surface area contributed by atoms with Crippen molar-refractivity contribution in [1.29, 1.82) is 0 Å². The molecule has 3 heteroatoms. The molecule has 0 aromatic heterocycles. The summed E-state index contributed by atoms with van der Waals surface area (Å²) in [6.45, 7) is 0.236. The maximum atomic E-state index is 12.0. The van der Waals surface area contributed by atoms with E-state index in [0.717, 1.165) is 24.0 Å². The smallest absolute Gasteiger partial charge is 0.244 e. The maximum absolute atomic E-state index is 12.0. The standard InChI is InChI=1S/C20H21NO2/c22-19(14-11-16-7-3-1-4-8-16)21-15-20(23,18-12-13-18)17-9-5-2-6-10-17/h1-11,14,18,23H,12-13,15H2,(H,21,22). The second-order valence-corrected chi connectivity index (χ2v) is 6.03. The van der Waals surface area contributed by atoms with Crippen LogP contribution in [-0.4, -0.2) is 17.6 Å². The Labute approximate surface area is 136 Å². The van der Waals surface area contributed by atoms with Crippen molar-refractivity contribution in [2.75, 3.05) is 6.54 Å². The Morgan fingerprint density at radius 1 is 1.09 bits per heavy atom. The third kappa shape index (κ3) is 3.88. The van der Waals surface area contributed by atoms with Gasteiger partial charge in [0.1, 0.15) is 5.60 Å². The van der Waals surface area contributed by atoms with Gasteiger partial charge in [0.25, 0.3) is 0 Å². The molecular weight excluding hydrogens is 286 g/mol. The van der Waals surface area contributed by atoms with Gasteiger partial charge in [0.2, 0.25) is 5.91 Å². The highest BCUT2D eigenvalue weighted by atomic mass is 16.3. The van der Waals surface area contributed by atoms with Crippen molar-refractivity contribution >= 4 is 12.0 Å². The molecule has 3 nitrogen and oxygen atoms in total. The van der Waals surface area contributed by atoms with Crippen LogP contribution in [0.3, 0.4) is 0 Å². The number of amides is 1. The van der Waals surface area contributed by atoms with E-state index < -0.39 is 5.60 Å². The minimum atomic E-state index is -0.975. The average Bonchev–Trinajstić information content (AvgIpc) is 3.45. The molecule has 1 aliphatic carbocycles. The van der Waals surface area contributed by atoms with Crippen molar-refractivity contribution < 1.29 is 9.90 Å². The van der Waals surface area contributed by atoms with Gasteiger partial charge in [0, 0.05) is 6.08 Å². The Morgan fingerprint density at radius 2 is 1.70 bits per heavy atom.